The third-order valence-electron chi connectivity index (χ3n) is 3.74. The van der Waals surface area contributed by atoms with E-state index < -0.39 is 0 Å². The normalized spacial score (nSPS) is 9.93. The Morgan fingerprint density at radius 2 is 0.931 bits per heavy atom. The molecule has 0 heterocycles. The molecular formula is C17H24N12. The van der Waals surface area contributed by atoms with Crippen LogP contribution in [0, 0.1) is 21.6 Å². The Hall–Kier alpha value is -4.48. The zero-order valence-corrected chi connectivity index (χ0v) is 15.5. The van der Waals surface area contributed by atoms with Crippen LogP contribution in [-0.4, -0.2) is 23.8 Å². The van der Waals surface area contributed by atoms with Gasteiger partial charge >= 0.3 is 0 Å². The van der Waals surface area contributed by atoms with Gasteiger partial charge in [-0.2, -0.15) is 0 Å². The van der Waals surface area contributed by atoms with E-state index >= 15 is 0 Å². The van der Waals surface area contributed by atoms with Gasteiger partial charge in [0.1, 0.15) is 0 Å². The molecule has 12 heteroatoms. The van der Waals surface area contributed by atoms with E-state index in [1.807, 2.05) is 12.1 Å². The third kappa shape index (κ3) is 5.75. The lowest BCUT2D eigenvalue weighted by Crippen LogP contribution is -2.26. The fourth-order valence-electron chi connectivity index (χ4n) is 2.76. The zero-order chi connectivity index (χ0) is 21.6. The van der Waals surface area contributed by atoms with Crippen LogP contribution < -0.4 is 44.2 Å². The van der Waals surface area contributed by atoms with E-state index in [4.69, 9.17) is 44.6 Å². The van der Waals surface area contributed by atoms with Crippen LogP contribution in [0.2, 0.25) is 0 Å². The number of nitrogens with one attached hydrogen (secondary N) is 8. The first kappa shape index (κ1) is 20.8. The molecule has 0 amide bonds. The second kappa shape index (κ2) is 8.94. The number of guanidine groups is 4. The van der Waals surface area contributed by atoms with Crippen molar-refractivity contribution in [1.29, 1.82) is 21.6 Å². The van der Waals surface area contributed by atoms with E-state index in [9.17, 15) is 0 Å². The van der Waals surface area contributed by atoms with Gasteiger partial charge in [0.2, 0.25) is 0 Å². The zero-order valence-electron chi connectivity index (χ0n) is 15.5. The van der Waals surface area contributed by atoms with Crippen molar-refractivity contribution < 1.29 is 0 Å². The molecule has 0 aliphatic heterocycles. The molecule has 2 aromatic carbocycles. The monoisotopic (exact) mass is 396 g/mol. The molecule has 0 atom stereocenters. The molecule has 2 aromatic rings. The minimum absolute atomic E-state index is 0.264. The molecule has 2 rings (SSSR count). The molecule has 0 bridgehead atoms. The van der Waals surface area contributed by atoms with Gasteiger partial charge in [-0.25, -0.2) is 0 Å². The Kier molecular flexibility index (Phi) is 6.42. The summed E-state index contributed by atoms with van der Waals surface area (Å²) in [6.07, 6.45) is 0.339. The summed E-state index contributed by atoms with van der Waals surface area (Å²) >= 11 is 0. The van der Waals surface area contributed by atoms with E-state index in [1.165, 1.54) is 0 Å². The molecule has 0 fully saturated rings. The maximum atomic E-state index is 7.58. The van der Waals surface area contributed by atoms with Gasteiger partial charge in [-0.3, -0.25) is 21.6 Å². The number of para-hydroxylation sites is 2. The van der Waals surface area contributed by atoms with Crippen LogP contribution in [0.15, 0.2) is 36.4 Å². The van der Waals surface area contributed by atoms with Crippen molar-refractivity contribution in [2.24, 2.45) is 22.9 Å². The number of nitrogens with two attached hydrogens (primary N) is 4. The second-order valence-electron chi connectivity index (χ2n) is 6.01. The maximum absolute atomic E-state index is 7.58. The van der Waals surface area contributed by atoms with Crippen molar-refractivity contribution in [2.45, 2.75) is 6.42 Å². The number of hydrogen-bond acceptors (Lipinski definition) is 4. The Labute approximate surface area is 167 Å². The van der Waals surface area contributed by atoms with Crippen molar-refractivity contribution >= 4 is 46.6 Å². The Balaban J connectivity index is 2.55. The Morgan fingerprint density at radius 1 is 0.586 bits per heavy atom. The minimum atomic E-state index is -0.280. The smallest absolute Gasteiger partial charge is 0.190 e. The van der Waals surface area contributed by atoms with Crippen molar-refractivity contribution in [2.75, 3.05) is 21.3 Å². The standard InChI is InChI=1S/C17H24N12/c18-14(19)26-10-5-1-3-8(12(10)28-16(22)23)7-9-4-2-6-11(27-15(20)21)13(9)29-17(24)25/h1-6H,7H2,(H4,18,19,26)(H4,20,21,27)(H4,22,23,28)(H4,24,25,29). The van der Waals surface area contributed by atoms with Gasteiger partial charge < -0.3 is 44.2 Å². The van der Waals surface area contributed by atoms with Crippen molar-refractivity contribution in [3.05, 3.63) is 47.5 Å². The minimum Gasteiger partial charge on any atom is -0.370 e. The molecule has 12 nitrogen and oxygen atoms in total. The molecule has 29 heavy (non-hydrogen) atoms. The van der Waals surface area contributed by atoms with E-state index in [2.05, 4.69) is 21.3 Å². The van der Waals surface area contributed by atoms with Gasteiger partial charge in [0.05, 0.1) is 22.7 Å². The summed E-state index contributed by atoms with van der Waals surface area (Å²) in [6, 6.07) is 10.6. The van der Waals surface area contributed by atoms with Crippen molar-refractivity contribution in [3.8, 4) is 0 Å². The summed E-state index contributed by atoms with van der Waals surface area (Å²) in [5.41, 5.74) is 25.3. The summed E-state index contributed by atoms with van der Waals surface area (Å²) < 4.78 is 0. The van der Waals surface area contributed by atoms with Gasteiger partial charge in [-0.05, 0) is 23.3 Å². The molecule has 0 saturated heterocycles. The third-order valence-corrected chi connectivity index (χ3v) is 3.74. The molecule has 0 unspecified atom stereocenters. The van der Waals surface area contributed by atoms with Gasteiger partial charge in [-0.1, -0.05) is 24.3 Å². The first-order chi connectivity index (χ1) is 13.7. The number of benzene rings is 2. The lowest BCUT2D eigenvalue weighted by Gasteiger charge is -2.19. The lowest BCUT2D eigenvalue weighted by molar-refractivity contribution is 1.19. The van der Waals surface area contributed by atoms with Crippen LogP contribution in [0.25, 0.3) is 0 Å². The molecule has 0 radical (unpaired) electrons. The molecule has 0 saturated carbocycles. The highest BCUT2D eigenvalue weighted by Gasteiger charge is 2.15. The molecule has 152 valence electrons. The van der Waals surface area contributed by atoms with Gasteiger partial charge in [0, 0.05) is 6.42 Å². The van der Waals surface area contributed by atoms with Crippen LogP contribution in [0.3, 0.4) is 0 Å². The van der Waals surface area contributed by atoms with Crippen LogP contribution >= 0.6 is 0 Å². The van der Waals surface area contributed by atoms with Crippen molar-refractivity contribution in [3.63, 3.8) is 0 Å². The van der Waals surface area contributed by atoms with Gasteiger partial charge in [0.25, 0.3) is 0 Å². The number of anilines is 4. The highest BCUT2D eigenvalue weighted by atomic mass is 15.1. The summed E-state index contributed by atoms with van der Waals surface area (Å²) in [5.74, 6) is -1.09. The molecule has 0 aromatic heterocycles. The van der Waals surface area contributed by atoms with E-state index in [0.29, 0.717) is 29.2 Å². The SMILES string of the molecule is N=C(N)Nc1cccc(Cc2cccc(NC(=N)N)c2NC(=N)N)c1NC(=N)N. The van der Waals surface area contributed by atoms with E-state index in [0.717, 1.165) is 11.1 Å². The predicted octanol–water partition coefficient (Wildman–Crippen LogP) is 0.499. The first-order valence-corrected chi connectivity index (χ1v) is 8.35. The number of rotatable bonds is 6. The molecule has 16 N–H and O–H groups in total. The Morgan fingerprint density at radius 3 is 1.24 bits per heavy atom. The number of hydrogen-bond donors (Lipinski definition) is 12. The maximum Gasteiger partial charge on any atom is 0.190 e. The molecule has 0 aliphatic carbocycles. The van der Waals surface area contributed by atoms with Crippen LogP contribution in [0.5, 0.6) is 0 Å². The van der Waals surface area contributed by atoms with E-state index in [1.54, 1.807) is 24.3 Å². The average molecular weight is 396 g/mol. The highest BCUT2D eigenvalue weighted by molar-refractivity contribution is 6.01. The topological polar surface area (TPSA) is 248 Å². The summed E-state index contributed by atoms with van der Waals surface area (Å²) in [5, 5.41) is 41.1. The van der Waals surface area contributed by atoms with Crippen LogP contribution in [0.4, 0.5) is 22.7 Å². The first-order valence-electron chi connectivity index (χ1n) is 8.35. The second-order valence-corrected chi connectivity index (χ2v) is 6.01. The summed E-state index contributed by atoms with van der Waals surface area (Å²) in [7, 11) is 0. The van der Waals surface area contributed by atoms with Crippen LogP contribution in [-0.2, 0) is 6.42 Å². The lowest BCUT2D eigenvalue weighted by atomic mass is 9.99. The Bertz CT molecular complexity index is 887. The largest absolute Gasteiger partial charge is 0.370 e. The summed E-state index contributed by atoms with van der Waals surface area (Å²) in [6.45, 7) is 0. The van der Waals surface area contributed by atoms with Crippen LogP contribution in [0.1, 0.15) is 11.1 Å². The molecule has 0 spiro atoms. The fraction of sp³-hybridized carbons (Fsp3) is 0.0588. The fourth-order valence-corrected chi connectivity index (χ4v) is 2.76. The molecular weight excluding hydrogens is 372 g/mol. The van der Waals surface area contributed by atoms with E-state index in [-0.39, 0.29) is 23.8 Å². The summed E-state index contributed by atoms with van der Waals surface area (Å²) in [4.78, 5) is 0. The van der Waals surface area contributed by atoms with Gasteiger partial charge in [-0.15, -0.1) is 0 Å². The van der Waals surface area contributed by atoms with Crippen molar-refractivity contribution in [1.82, 2.24) is 0 Å². The predicted molar refractivity (Wildman–Crippen MR) is 118 cm³/mol. The quantitative estimate of drug-likeness (QED) is 0.241. The molecule has 0 aliphatic rings. The average Bonchev–Trinajstić information content (AvgIpc) is 2.58. The highest BCUT2D eigenvalue weighted by Crippen LogP contribution is 2.32. The van der Waals surface area contributed by atoms with Gasteiger partial charge in [0.15, 0.2) is 23.8 Å².